The summed E-state index contributed by atoms with van der Waals surface area (Å²) in [4.78, 5) is 36.5. The second-order valence-corrected chi connectivity index (χ2v) is 5.53. The maximum absolute atomic E-state index is 12.6. The number of hydrogen-bond donors (Lipinski definition) is 2. The molecule has 1 aliphatic heterocycles. The molecule has 0 unspecified atom stereocenters. The van der Waals surface area contributed by atoms with E-state index in [2.05, 4.69) is 10.6 Å². The number of nitro benzene ring substituents is 1. The Balaban J connectivity index is 1.79. The molecule has 1 saturated heterocycles. The van der Waals surface area contributed by atoms with Gasteiger partial charge in [-0.2, -0.15) is 0 Å². The summed E-state index contributed by atoms with van der Waals surface area (Å²) in [6.07, 6.45) is 0. The summed E-state index contributed by atoms with van der Waals surface area (Å²) in [6.45, 7) is 0.736. The fourth-order valence-electron chi connectivity index (χ4n) is 2.71. The summed E-state index contributed by atoms with van der Waals surface area (Å²) < 4.78 is 0. The predicted molar refractivity (Wildman–Crippen MR) is 91.0 cm³/mol. The SMILES string of the molecule is O=C1NCCN(C(=O)Nc2ccc([N+](=O)[O-])cc2)[C@@H]1c1ccccc1. The van der Waals surface area contributed by atoms with Gasteiger partial charge in [0.2, 0.25) is 5.91 Å². The Morgan fingerprint density at radius 2 is 1.84 bits per heavy atom. The van der Waals surface area contributed by atoms with Crippen LogP contribution in [-0.2, 0) is 4.79 Å². The molecule has 0 spiro atoms. The molecule has 1 aliphatic rings. The van der Waals surface area contributed by atoms with E-state index in [1.165, 1.54) is 29.2 Å². The zero-order valence-corrected chi connectivity index (χ0v) is 13.2. The van der Waals surface area contributed by atoms with Crippen molar-refractivity contribution in [2.24, 2.45) is 0 Å². The lowest BCUT2D eigenvalue weighted by atomic mass is 10.0. The Hall–Kier alpha value is -3.42. The molecule has 25 heavy (non-hydrogen) atoms. The summed E-state index contributed by atoms with van der Waals surface area (Å²) in [6, 6.07) is 13.4. The minimum atomic E-state index is -0.715. The fraction of sp³-hybridized carbons (Fsp3) is 0.176. The van der Waals surface area contributed by atoms with Crippen molar-refractivity contribution < 1.29 is 14.5 Å². The van der Waals surface area contributed by atoms with Crippen LogP contribution in [0.15, 0.2) is 54.6 Å². The molecular weight excluding hydrogens is 324 g/mol. The van der Waals surface area contributed by atoms with E-state index in [1.54, 1.807) is 12.1 Å². The lowest BCUT2D eigenvalue weighted by Gasteiger charge is -2.35. The number of nitrogens with one attached hydrogen (secondary N) is 2. The van der Waals surface area contributed by atoms with Crippen LogP contribution in [0.2, 0.25) is 0 Å². The average molecular weight is 340 g/mol. The number of piperazine rings is 1. The monoisotopic (exact) mass is 340 g/mol. The Kier molecular flexibility index (Phi) is 4.60. The van der Waals surface area contributed by atoms with Gasteiger partial charge in [-0.25, -0.2) is 4.79 Å². The molecule has 2 N–H and O–H groups in total. The van der Waals surface area contributed by atoms with Crippen molar-refractivity contribution in [3.63, 3.8) is 0 Å². The van der Waals surface area contributed by atoms with E-state index in [0.717, 1.165) is 5.56 Å². The third-order valence-corrected chi connectivity index (χ3v) is 3.92. The van der Waals surface area contributed by atoms with Crippen LogP contribution in [0.1, 0.15) is 11.6 Å². The minimum absolute atomic E-state index is 0.0579. The average Bonchev–Trinajstić information content (AvgIpc) is 2.62. The Morgan fingerprint density at radius 3 is 2.48 bits per heavy atom. The van der Waals surface area contributed by atoms with Crippen LogP contribution in [0.5, 0.6) is 0 Å². The van der Waals surface area contributed by atoms with Gasteiger partial charge < -0.3 is 15.5 Å². The van der Waals surface area contributed by atoms with Crippen LogP contribution < -0.4 is 10.6 Å². The number of nitrogens with zero attached hydrogens (tertiary/aromatic N) is 2. The first kappa shape index (κ1) is 16.4. The lowest BCUT2D eigenvalue weighted by Crippen LogP contribution is -2.53. The van der Waals surface area contributed by atoms with Crippen molar-refractivity contribution in [1.29, 1.82) is 0 Å². The molecule has 1 fully saturated rings. The van der Waals surface area contributed by atoms with Crippen LogP contribution in [0.25, 0.3) is 0 Å². The fourth-order valence-corrected chi connectivity index (χ4v) is 2.71. The molecule has 128 valence electrons. The highest BCUT2D eigenvalue weighted by Crippen LogP contribution is 2.24. The number of carbonyl (C=O) groups excluding carboxylic acids is 2. The summed E-state index contributed by atoms with van der Waals surface area (Å²) in [7, 11) is 0. The summed E-state index contributed by atoms with van der Waals surface area (Å²) in [5.74, 6) is -0.240. The topological polar surface area (TPSA) is 105 Å². The molecule has 1 atom stereocenters. The van der Waals surface area contributed by atoms with E-state index in [0.29, 0.717) is 18.8 Å². The Bertz CT molecular complexity index is 792. The van der Waals surface area contributed by atoms with Gasteiger partial charge in [-0.05, 0) is 17.7 Å². The van der Waals surface area contributed by atoms with E-state index in [-0.39, 0.29) is 11.6 Å². The zero-order chi connectivity index (χ0) is 17.8. The first-order valence-electron chi connectivity index (χ1n) is 7.71. The first-order chi connectivity index (χ1) is 12.1. The molecule has 3 rings (SSSR count). The smallest absolute Gasteiger partial charge is 0.322 e. The second kappa shape index (κ2) is 7.00. The van der Waals surface area contributed by atoms with E-state index >= 15 is 0 Å². The quantitative estimate of drug-likeness (QED) is 0.660. The van der Waals surface area contributed by atoms with E-state index in [1.807, 2.05) is 18.2 Å². The second-order valence-electron chi connectivity index (χ2n) is 5.53. The minimum Gasteiger partial charge on any atom is -0.352 e. The number of rotatable bonds is 3. The van der Waals surface area contributed by atoms with Gasteiger partial charge in [0.1, 0.15) is 6.04 Å². The molecule has 0 saturated carbocycles. The molecule has 0 aliphatic carbocycles. The molecule has 3 amide bonds. The molecule has 8 heteroatoms. The molecule has 2 aromatic carbocycles. The molecule has 8 nitrogen and oxygen atoms in total. The lowest BCUT2D eigenvalue weighted by molar-refractivity contribution is -0.384. The molecule has 0 radical (unpaired) electrons. The first-order valence-corrected chi connectivity index (χ1v) is 7.71. The van der Waals surface area contributed by atoms with Crippen molar-refractivity contribution in [3.05, 3.63) is 70.3 Å². The molecular formula is C17H16N4O4. The number of urea groups is 1. The largest absolute Gasteiger partial charge is 0.352 e. The van der Waals surface area contributed by atoms with E-state index in [9.17, 15) is 19.7 Å². The van der Waals surface area contributed by atoms with Crippen molar-refractivity contribution in [3.8, 4) is 0 Å². The van der Waals surface area contributed by atoms with Gasteiger partial charge in [0.05, 0.1) is 4.92 Å². The predicted octanol–water partition coefficient (Wildman–Crippen LogP) is 2.30. The number of amides is 3. The Morgan fingerprint density at radius 1 is 1.16 bits per heavy atom. The number of non-ortho nitro benzene ring substituents is 1. The molecule has 0 bridgehead atoms. The maximum Gasteiger partial charge on any atom is 0.322 e. The van der Waals surface area contributed by atoms with E-state index < -0.39 is 17.0 Å². The highest BCUT2D eigenvalue weighted by molar-refractivity contribution is 5.95. The van der Waals surface area contributed by atoms with Gasteiger partial charge in [0, 0.05) is 30.9 Å². The normalized spacial score (nSPS) is 16.9. The molecule has 1 heterocycles. The van der Waals surface area contributed by atoms with Crippen molar-refractivity contribution in [2.75, 3.05) is 18.4 Å². The van der Waals surface area contributed by atoms with Crippen LogP contribution >= 0.6 is 0 Å². The highest BCUT2D eigenvalue weighted by atomic mass is 16.6. The van der Waals surface area contributed by atoms with Gasteiger partial charge in [0.25, 0.3) is 5.69 Å². The van der Waals surface area contributed by atoms with E-state index in [4.69, 9.17) is 0 Å². The zero-order valence-electron chi connectivity index (χ0n) is 13.2. The van der Waals surface area contributed by atoms with Gasteiger partial charge in [-0.15, -0.1) is 0 Å². The van der Waals surface area contributed by atoms with Crippen LogP contribution in [0.3, 0.4) is 0 Å². The highest BCUT2D eigenvalue weighted by Gasteiger charge is 2.34. The summed E-state index contributed by atoms with van der Waals surface area (Å²) in [5, 5.41) is 16.1. The van der Waals surface area contributed by atoms with Crippen LogP contribution in [0.4, 0.5) is 16.2 Å². The van der Waals surface area contributed by atoms with Gasteiger partial charge >= 0.3 is 6.03 Å². The van der Waals surface area contributed by atoms with Crippen molar-refractivity contribution in [2.45, 2.75) is 6.04 Å². The van der Waals surface area contributed by atoms with Gasteiger partial charge in [-0.1, -0.05) is 30.3 Å². The number of nitro groups is 1. The van der Waals surface area contributed by atoms with Crippen LogP contribution in [-0.4, -0.2) is 34.9 Å². The third-order valence-electron chi connectivity index (χ3n) is 3.92. The molecule has 0 aromatic heterocycles. The standard InChI is InChI=1S/C17H16N4O4/c22-16-15(12-4-2-1-3-5-12)20(11-10-18-16)17(23)19-13-6-8-14(9-7-13)21(24)25/h1-9,15H,10-11H2,(H,18,22)(H,19,23)/t15-/m1/s1. The van der Waals surface area contributed by atoms with Gasteiger partial charge in [-0.3, -0.25) is 14.9 Å². The number of hydrogen-bond acceptors (Lipinski definition) is 4. The summed E-state index contributed by atoms with van der Waals surface area (Å²) >= 11 is 0. The number of anilines is 1. The van der Waals surface area contributed by atoms with Gasteiger partial charge in [0.15, 0.2) is 0 Å². The summed E-state index contributed by atoms with van der Waals surface area (Å²) in [5.41, 5.74) is 1.09. The maximum atomic E-state index is 12.6. The number of carbonyl (C=O) groups is 2. The number of benzene rings is 2. The molecule has 2 aromatic rings. The van der Waals surface area contributed by atoms with Crippen LogP contribution in [0, 0.1) is 10.1 Å². The van der Waals surface area contributed by atoms with Crippen molar-refractivity contribution in [1.82, 2.24) is 10.2 Å². The third kappa shape index (κ3) is 3.57. The van der Waals surface area contributed by atoms with Crippen molar-refractivity contribution >= 4 is 23.3 Å². The Labute approximate surface area is 143 Å².